The van der Waals surface area contributed by atoms with Crippen LogP contribution in [0, 0.1) is 6.08 Å². The highest BCUT2D eigenvalue weighted by atomic mass is 19.1. The molecule has 20 heavy (non-hydrogen) atoms. The van der Waals surface area contributed by atoms with Crippen LogP contribution in [0.25, 0.3) is 11.2 Å². The van der Waals surface area contributed by atoms with Gasteiger partial charge in [0.15, 0.2) is 22.7 Å². The van der Waals surface area contributed by atoms with Gasteiger partial charge in [-0.25, -0.2) is 9.37 Å². The predicted octanol–water partition coefficient (Wildman–Crippen LogP) is -0.391. The number of nitrogens with two attached hydrogens (primary N) is 1. The summed E-state index contributed by atoms with van der Waals surface area (Å²) in [7, 11) is 0. The molecule has 0 bridgehead atoms. The molecule has 0 amide bonds. The molecule has 1 saturated heterocycles. The quantitative estimate of drug-likeness (QED) is 0.610. The second-order valence-corrected chi connectivity index (χ2v) is 4.16. The zero-order chi connectivity index (χ0) is 14.4. The van der Waals surface area contributed by atoms with Crippen LogP contribution in [0.4, 0.5) is 14.6 Å². The molecule has 0 aromatic carbocycles. The van der Waals surface area contributed by atoms with E-state index < -0.39 is 30.3 Å². The van der Waals surface area contributed by atoms with Crippen LogP contribution in [-0.2, 0) is 4.74 Å². The zero-order valence-electron chi connectivity index (χ0n) is 9.81. The summed E-state index contributed by atoms with van der Waals surface area (Å²) in [5.41, 5.74) is 5.56. The topological polar surface area (TPSA) is 119 Å². The first kappa shape index (κ1) is 12.7. The van der Waals surface area contributed by atoms with Gasteiger partial charge in [-0.2, -0.15) is 14.4 Å². The van der Waals surface area contributed by atoms with Gasteiger partial charge in [-0.15, -0.1) is 0 Å². The minimum Gasteiger partial charge on any atom is -0.466 e. The number of ether oxygens (including phenoxy) is 1. The minimum absolute atomic E-state index is 0.0358. The molecule has 3 rings (SSSR count). The van der Waals surface area contributed by atoms with Gasteiger partial charge in [-0.3, -0.25) is 4.57 Å². The Morgan fingerprint density at radius 2 is 2.15 bits per heavy atom. The number of rotatable bonds is 1. The lowest BCUT2D eigenvalue weighted by molar-refractivity contribution is -0.0120. The Morgan fingerprint density at radius 1 is 1.40 bits per heavy atom. The Labute approximate surface area is 110 Å². The summed E-state index contributed by atoms with van der Waals surface area (Å²) in [6, 6.07) is 0. The van der Waals surface area contributed by atoms with Crippen LogP contribution in [0.2, 0.25) is 0 Å². The zero-order valence-corrected chi connectivity index (χ0v) is 9.81. The van der Waals surface area contributed by atoms with Gasteiger partial charge in [-0.1, -0.05) is 0 Å². The molecule has 1 aliphatic heterocycles. The van der Waals surface area contributed by atoms with Crippen LogP contribution >= 0.6 is 0 Å². The van der Waals surface area contributed by atoms with Gasteiger partial charge in [0.2, 0.25) is 6.23 Å². The number of fused-ring (bicyclic) bond motifs is 1. The molecule has 8 nitrogen and oxygen atoms in total. The van der Waals surface area contributed by atoms with Crippen molar-refractivity contribution < 1.29 is 23.7 Å². The Kier molecular flexibility index (Phi) is 2.76. The van der Waals surface area contributed by atoms with Crippen molar-refractivity contribution in [3.05, 3.63) is 24.5 Å². The lowest BCUT2D eigenvalue weighted by Crippen LogP contribution is -2.27. The summed E-state index contributed by atoms with van der Waals surface area (Å²) in [4.78, 5) is 10.7. The van der Waals surface area contributed by atoms with Crippen molar-refractivity contribution in [3.63, 3.8) is 0 Å². The molecule has 0 aliphatic carbocycles. The van der Waals surface area contributed by atoms with E-state index in [1.54, 1.807) is 0 Å². The van der Waals surface area contributed by atoms with Crippen LogP contribution in [-0.4, -0.2) is 41.9 Å². The van der Waals surface area contributed by atoms with Crippen molar-refractivity contribution in [1.29, 1.82) is 0 Å². The summed E-state index contributed by atoms with van der Waals surface area (Å²) < 4.78 is 31.9. The Balaban J connectivity index is 2.12. The van der Waals surface area contributed by atoms with E-state index in [-0.39, 0.29) is 23.3 Å². The molecular formula is C10H9F2N5O3. The molecule has 2 aromatic rings. The van der Waals surface area contributed by atoms with Crippen molar-refractivity contribution in [3.8, 4) is 0 Å². The molecule has 4 N–H and O–H groups in total. The third kappa shape index (κ3) is 1.69. The summed E-state index contributed by atoms with van der Waals surface area (Å²) in [6.07, 6.45) is -4.06. The maximum atomic E-state index is 13.2. The number of imidazole rings is 1. The van der Waals surface area contributed by atoms with Crippen LogP contribution in [0.15, 0.2) is 18.4 Å². The highest BCUT2D eigenvalue weighted by Crippen LogP contribution is 2.34. The van der Waals surface area contributed by atoms with E-state index >= 15 is 0 Å². The van der Waals surface area contributed by atoms with Gasteiger partial charge in [0, 0.05) is 0 Å². The van der Waals surface area contributed by atoms with Gasteiger partial charge in [0.05, 0.1) is 0 Å². The fourth-order valence-electron chi connectivity index (χ4n) is 2.01. The summed E-state index contributed by atoms with van der Waals surface area (Å²) in [6.45, 7) is 0. The van der Waals surface area contributed by atoms with Crippen molar-refractivity contribution in [2.75, 3.05) is 5.73 Å². The van der Waals surface area contributed by atoms with Crippen molar-refractivity contribution >= 4 is 17.0 Å². The van der Waals surface area contributed by atoms with Crippen LogP contribution in [0.1, 0.15) is 6.23 Å². The summed E-state index contributed by atoms with van der Waals surface area (Å²) in [5, 5.41) is 19.4. The average molecular weight is 285 g/mol. The van der Waals surface area contributed by atoms with Crippen molar-refractivity contribution in [2.24, 2.45) is 0 Å². The molecule has 3 heterocycles. The molecule has 106 valence electrons. The second kappa shape index (κ2) is 4.35. The van der Waals surface area contributed by atoms with Gasteiger partial charge >= 0.3 is 6.08 Å². The van der Waals surface area contributed by atoms with Crippen molar-refractivity contribution in [1.82, 2.24) is 19.5 Å². The average Bonchev–Trinajstić information content (AvgIpc) is 2.93. The van der Waals surface area contributed by atoms with E-state index in [9.17, 15) is 19.0 Å². The number of aromatic nitrogens is 4. The molecule has 0 spiro atoms. The Morgan fingerprint density at radius 3 is 2.80 bits per heavy atom. The van der Waals surface area contributed by atoms with Crippen LogP contribution in [0.5, 0.6) is 0 Å². The Hall–Kier alpha value is -2.33. The molecule has 0 unspecified atom stereocenters. The third-order valence-electron chi connectivity index (χ3n) is 2.97. The maximum Gasteiger partial charge on any atom is 0.312 e. The maximum absolute atomic E-state index is 13.2. The van der Waals surface area contributed by atoms with E-state index in [0.29, 0.717) is 0 Å². The number of anilines is 1. The van der Waals surface area contributed by atoms with Crippen LogP contribution < -0.4 is 5.73 Å². The predicted molar refractivity (Wildman–Crippen MR) is 61.0 cm³/mol. The number of aliphatic hydroxyl groups excluding tert-OH is 2. The molecule has 10 heteroatoms. The monoisotopic (exact) mass is 285 g/mol. The lowest BCUT2D eigenvalue weighted by Gasteiger charge is -2.15. The molecule has 2 aromatic heterocycles. The standard InChI is InChI=1S/C10H9F2N5O3/c11-1-3-5(18)6(19)9(20-3)17-2-14-4-7(13)15-10(12)16-8(4)17/h1-2,5-6,9,18-19H,(H2,13,15,16)/t5-,6-,9-/m1/s1. The highest BCUT2D eigenvalue weighted by Gasteiger charge is 2.42. The fourth-order valence-corrected chi connectivity index (χ4v) is 2.01. The number of nitrogen functional groups attached to an aromatic ring is 1. The number of hydrogen-bond acceptors (Lipinski definition) is 7. The molecule has 0 radical (unpaired) electrons. The molecular weight excluding hydrogens is 276 g/mol. The molecule has 3 atom stereocenters. The van der Waals surface area contributed by atoms with Crippen LogP contribution in [0.3, 0.4) is 0 Å². The van der Waals surface area contributed by atoms with E-state index in [1.807, 2.05) is 0 Å². The van der Waals surface area contributed by atoms with Gasteiger partial charge in [0.1, 0.15) is 24.9 Å². The van der Waals surface area contributed by atoms with Gasteiger partial charge in [0.25, 0.3) is 0 Å². The third-order valence-corrected chi connectivity index (χ3v) is 2.97. The largest absolute Gasteiger partial charge is 0.466 e. The van der Waals surface area contributed by atoms with E-state index in [0.717, 1.165) is 4.57 Å². The first-order chi connectivity index (χ1) is 9.52. The summed E-state index contributed by atoms with van der Waals surface area (Å²) in [5.74, 6) is -0.618. The normalized spacial score (nSPS) is 28.2. The number of aliphatic hydroxyl groups is 2. The first-order valence-corrected chi connectivity index (χ1v) is 5.51. The fraction of sp³-hybridized carbons (Fsp3) is 0.300. The summed E-state index contributed by atoms with van der Waals surface area (Å²) >= 11 is 0. The van der Waals surface area contributed by atoms with E-state index in [4.69, 9.17) is 10.5 Å². The smallest absolute Gasteiger partial charge is 0.312 e. The Bertz CT molecular complexity index is 704. The lowest BCUT2D eigenvalue weighted by atomic mass is 10.2. The number of nitrogens with zero attached hydrogens (tertiary/aromatic N) is 4. The highest BCUT2D eigenvalue weighted by molar-refractivity contribution is 5.81. The number of hydrogen-bond donors (Lipinski definition) is 3. The van der Waals surface area contributed by atoms with Crippen molar-refractivity contribution in [2.45, 2.75) is 18.4 Å². The van der Waals surface area contributed by atoms with E-state index in [2.05, 4.69) is 15.0 Å². The van der Waals surface area contributed by atoms with E-state index in [1.165, 1.54) is 6.33 Å². The SMILES string of the molecule is Nc1nc(F)nc2c1ncn2[C@@H]1OC(=CF)[C@@H](O)[C@H]1O. The van der Waals surface area contributed by atoms with Gasteiger partial charge < -0.3 is 20.7 Å². The minimum atomic E-state index is -1.54. The first-order valence-electron chi connectivity index (χ1n) is 5.51. The molecule has 1 fully saturated rings. The second-order valence-electron chi connectivity index (χ2n) is 4.16. The molecule has 0 saturated carbocycles. The molecule has 1 aliphatic rings. The van der Waals surface area contributed by atoms with Gasteiger partial charge in [-0.05, 0) is 0 Å². The number of halogens is 2.